The maximum absolute atomic E-state index is 13.9. The number of benzene rings is 4. The largest absolute Gasteiger partial charge is 0.494 e. The average Bonchev–Trinajstić information content (AvgIpc) is 4.06. The third kappa shape index (κ3) is 12.9. The van der Waals surface area contributed by atoms with Crippen LogP contribution in [0.15, 0.2) is 110 Å². The number of anilines is 5. The predicted octanol–water partition coefficient (Wildman–Crippen LogP) is 8.50. The van der Waals surface area contributed by atoms with Crippen molar-refractivity contribution in [2.45, 2.75) is 0 Å². The van der Waals surface area contributed by atoms with Gasteiger partial charge in [-0.3, -0.25) is 20.2 Å². The van der Waals surface area contributed by atoms with Gasteiger partial charge in [0.1, 0.15) is 17.2 Å². The van der Waals surface area contributed by atoms with E-state index >= 15 is 0 Å². The molecule has 0 radical (unpaired) electrons. The van der Waals surface area contributed by atoms with Gasteiger partial charge in [0.2, 0.25) is 17.7 Å². The first-order valence-corrected chi connectivity index (χ1v) is 21.9. The van der Waals surface area contributed by atoms with Crippen LogP contribution in [0.25, 0.3) is 44.3 Å². The van der Waals surface area contributed by atoms with E-state index < -0.39 is 35.3 Å². The Morgan fingerprint density at radius 2 is 1.15 bits per heavy atom. The lowest BCUT2D eigenvalue weighted by Gasteiger charge is -2.22. The van der Waals surface area contributed by atoms with Crippen LogP contribution in [0.2, 0.25) is 0 Å². The summed E-state index contributed by atoms with van der Waals surface area (Å²) in [6, 6.07) is 22.4. The van der Waals surface area contributed by atoms with Gasteiger partial charge in [-0.1, -0.05) is 36.4 Å². The van der Waals surface area contributed by atoms with Gasteiger partial charge >= 0.3 is 5.69 Å². The summed E-state index contributed by atoms with van der Waals surface area (Å²) in [4.78, 5) is 45.1. The number of aryl methyl sites for hydroxylation is 2. The van der Waals surface area contributed by atoms with Crippen LogP contribution in [-0.4, -0.2) is 131 Å². The second-order valence-corrected chi connectivity index (χ2v) is 16.3. The van der Waals surface area contributed by atoms with E-state index in [4.69, 9.17) is 17.7 Å². The van der Waals surface area contributed by atoms with Crippen LogP contribution in [0, 0.1) is 26.0 Å². The van der Waals surface area contributed by atoms with Gasteiger partial charge in [-0.25, -0.2) is 19.9 Å². The summed E-state index contributed by atoms with van der Waals surface area (Å²) in [5.41, 5.74) is 3.22. The Morgan fingerprint density at radius 1 is 0.676 bits per heavy atom. The highest BCUT2D eigenvalue weighted by atomic mass is 19.1. The van der Waals surface area contributed by atoms with E-state index in [-0.39, 0.29) is 29.0 Å². The number of halogens is 1. The molecule has 4 aromatic heterocycles. The summed E-state index contributed by atoms with van der Waals surface area (Å²) >= 11 is 0. The number of nitro groups is 2. The number of likely N-dealkylation sites (N-methyl/N-ethyl adjacent to an activating group) is 4. The molecule has 71 heavy (non-hydrogen) atoms. The first kappa shape index (κ1) is 44.0. The fourth-order valence-electron chi connectivity index (χ4n) is 7.18. The summed E-state index contributed by atoms with van der Waals surface area (Å²) in [6.45, 7) is -1.25. The molecule has 3 N–H and O–H groups in total. The zero-order valence-corrected chi connectivity index (χ0v) is 40.5. The molecular formula is C50H59FN14O6. The normalized spacial score (nSPS) is 12.5. The molecule has 0 unspecified atom stereocenters. The fraction of sp³-hybridized carbons (Fsp3) is 0.280. The molecule has 0 saturated carbocycles. The SMILES string of the molecule is CNCCN(C)C.[2H]C([2H])([2H])n1cc(-c2ccnc(Nc3cc([N+](=O)[O-])c(F)cc3OC)n2)c2ccccc21.[2H]C([2H])([2H])n1cc(-c2ccnc(Nc3cc([N+](=O)[O-])c(N(C)CCN(C)C)cc3OC)n2)c2ccccc21. The average molecular weight is 977 g/mol. The zero-order valence-electron chi connectivity index (χ0n) is 46.5. The number of ether oxygens (including phenoxy) is 2. The maximum atomic E-state index is 13.9. The third-order valence-corrected chi connectivity index (χ3v) is 10.8. The molecule has 0 aliphatic carbocycles. The van der Waals surface area contributed by atoms with Crippen molar-refractivity contribution in [3.63, 3.8) is 0 Å². The van der Waals surface area contributed by atoms with Gasteiger partial charge in [0.05, 0.1) is 46.8 Å². The number of methoxy groups -OCH3 is 2. The van der Waals surface area contributed by atoms with Crippen molar-refractivity contribution in [1.82, 2.24) is 44.2 Å². The minimum Gasteiger partial charge on any atom is -0.494 e. The Hall–Kier alpha value is -8.27. The van der Waals surface area contributed by atoms with Gasteiger partial charge in [-0.2, -0.15) is 4.39 Å². The van der Waals surface area contributed by atoms with E-state index in [2.05, 4.69) is 54.9 Å². The molecule has 0 amide bonds. The van der Waals surface area contributed by atoms with Crippen LogP contribution in [0.1, 0.15) is 8.22 Å². The van der Waals surface area contributed by atoms with E-state index in [1.807, 2.05) is 43.1 Å². The van der Waals surface area contributed by atoms with Crippen LogP contribution in [0.4, 0.5) is 44.7 Å². The monoisotopic (exact) mass is 977 g/mol. The van der Waals surface area contributed by atoms with Crippen molar-refractivity contribution < 1.29 is 31.9 Å². The van der Waals surface area contributed by atoms with Crippen LogP contribution >= 0.6 is 0 Å². The van der Waals surface area contributed by atoms with E-state index in [1.54, 1.807) is 67.8 Å². The number of rotatable bonds is 17. The van der Waals surface area contributed by atoms with Gasteiger partial charge in [-0.15, -0.1) is 0 Å². The number of hydrogen-bond donors (Lipinski definition) is 3. The summed E-state index contributed by atoms with van der Waals surface area (Å²) in [6.07, 6.45) is 6.04. The van der Waals surface area contributed by atoms with Crippen LogP contribution < -0.4 is 30.3 Å². The van der Waals surface area contributed by atoms with Crippen molar-refractivity contribution in [3.05, 3.63) is 136 Å². The molecular weight excluding hydrogens is 912 g/mol. The number of fused-ring (bicyclic) bond motifs is 2. The van der Waals surface area contributed by atoms with Gasteiger partial charge in [0.25, 0.3) is 5.69 Å². The van der Waals surface area contributed by atoms with Crippen molar-refractivity contribution >= 4 is 62.1 Å². The van der Waals surface area contributed by atoms with Crippen molar-refractivity contribution in [2.75, 3.05) is 98.2 Å². The van der Waals surface area contributed by atoms with E-state index in [0.29, 0.717) is 62.6 Å². The highest BCUT2D eigenvalue weighted by molar-refractivity contribution is 5.96. The highest BCUT2D eigenvalue weighted by Crippen LogP contribution is 2.40. The van der Waals surface area contributed by atoms with Gasteiger partial charge in [0, 0.05) is 137 Å². The second-order valence-electron chi connectivity index (χ2n) is 16.3. The molecule has 0 aliphatic rings. The number of nitrogens with zero attached hydrogens (tertiary/aromatic N) is 11. The maximum Gasteiger partial charge on any atom is 0.307 e. The number of nitrogens with one attached hydrogen (secondary N) is 3. The summed E-state index contributed by atoms with van der Waals surface area (Å²) in [7, 11) is 14.5. The first-order valence-electron chi connectivity index (χ1n) is 24.9. The second kappa shape index (κ2) is 23.8. The lowest BCUT2D eigenvalue weighted by molar-refractivity contribution is -0.387. The minimum absolute atomic E-state index is 0.0288. The molecule has 4 heterocycles. The zero-order chi connectivity index (χ0) is 56.4. The molecule has 21 heteroatoms. The molecule has 0 fully saturated rings. The van der Waals surface area contributed by atoms with E-state index in [1.165, 1.54) is 48.0 Å². The summed E-state index contributed by atoms with van der Waals surface area (Å²) in [5.74, 6) is -0.386. The lowest BCUT2D eigenvalue weighted by Crippen LogP contribution is -2.28. The van der Waals surface area contributed by atoms with Gasteiger partial charge < -0.3 is 49.3 Å². The standard InChI is InChI=1S/C25H29N7O3.C20H16FN5O3.C5H14N2/c1-29(2)12-13-30(3)22-15-24(35-5)20(14-23(22)32(33)34)28-25-26-11-10-19(27-25)18-16-31(4)21-9-7-6-8-17(18)21;1-25-11-13(12-5-3-4-6-17(12)25)15-7-8-22-20(23-15)24-16-10-18(26(27)28)14(21)9-19(16)29-2;1-6-4-5-7(2)3/h6-11,14-16H,12-13H2,1-5H3,(H,26,27,28);3-11H,1-2H3,(H,22,23,24);6H,4-5H2,1-3H3/i4D3;1D3;. The van der Waals surface area contributed by atoms with Crippen molar-refractivity contribution in [2.24, 2.45) is 14.0 Å². The Labute approximate surface area is 419 Å². The number of aromatic nitrogens is 6. The summed E-state index contributed by atoms with van der Waals surface area (Å²) in [5, 5.41) is 33.3. The molecule has 8 aromatic rings. The number of nitro benzene ring substituents is 2. The van der Waals surface area contributed by atoms with Crippen LogP contribution in [-0.2, 0) is 14.0 Å². The Kier molecular flexibility index (Phi) is 14.8. The minimum atomic E-state index is -2.38. The van der Waals surface area contributed by atoms with Crippen molar-refractivity contribution in [1.29, 1.82) is 0 Å². The highest BCUT2D eigenvalue weighted by Gasteiger charge is 2.23. The first-order chi connectivity index (χ1) is 36.4. The number of para-hydroxylation sites is 2. The molecule has 0 bridgehead atoms. The molecule has 20 nitrogen and oxygen atoms in total. The molecule has 372 valence electrons. The quantitative estimate of drug-likeness (QED) is 0.0577. The number of hydrogen-bond acceptors (Lipinski definition) is 16. The molecule has 4 aromatic carbocycles. The summed E-state index contributed by atoms with van der Waals surface area (Å²) < 4.78 is 74.0. The van der Waals surface area contributed by atoms with E-state index in [0.717, 1.165) is 37.2 Å². The van der Waals surface area contributed by atoms with Gasteiger partial charge in [-0.05, 0) is 59.5 Å². The Bertz CT molecular complexity index is 3350. The third-order valence-electron chi connectivity index (χ3n) is 10.8. The van der Waals surface area contributed by atoms with E-state index in [9.17, 15) is 24.6 Å². The molecule has 8 rings (SSSR count). The molecule has 0 saturated heterocycles. The fourth-order valence-corrected chi connectivity index (χ4v) is 7.18. The topological polar surface area (TPSA) is 212 Å². The Balaban J connectivity index is 0.000000224. The van der Waals surface area contributed by atoms with Crippen LogP contribution in [0.5, 0.6) is 11.5 Å². The van der Waals surface area contributed by atoms with Gasteiger partial charge in [0.15, 0.2) is 0 Å². The Morgan fingerprint density at radius 3 is 1.59 bits per heavy atom. The lowest BCUT2D eigenvalue weighted by atomic mass is 10.1. The van der Waals surface area contributed by atoms with Crippen molar-refractivity contribution in [3.8, 4) is 34.0 Å². The predicted molar refractivity (Wildman–Crippen MR) is 278 cm³/mol. The molecule has 0 atom stereocenters. The smallest absolute Gasteiger partial charge is 0.307 e. The molecule has 0 spiro atoms. The van der Waals surface area contributed by atoms with Crippen LogP contribution in [0.3, 0.4) is 0 Å². The molecule has 0 aliphatic heterocycles.